The van der Waals surface area contributed by atoms with Crippen molar-refractivity contribution in [3.63, 3.8) is 0 Å². The Morgan fingerprint density at radius 3 is 2.42 bits per heavy atom. The predicted octanol–water partition coefficient (Wildman–Crippen LogP) is 0.994. The standard InChI is InChI=1S/C27H29FO10/c1-11-19(30)36-17-16(29)25-15-9-14(23(2,3)4)24(25)18(34-10-12-5-7-13(28)8-6-12)20(31)37-22(24)38-27(25,21(32)35-15)26(11,17)33/h5-8,11,14-18,22,29,33H,9-10H2,1-4H3/t11-,14+,15-,16-,17+,18+,22+,24+,25+,26-,27-/m1/s1. The quantitative estimate of drug-likeness (QED) is 0.428. The highest BCUT2D eigenvalue weighted by Crippen LogP contribution is 2.84. The molecule has 0 aromatic heterocycles. The molecule has 11 heteroatoms. The van der Waals surface area contributed by atoms with Gasteiger partial charge in [0.05, 0.1) is 23.4 Å². The van der Waals surface area contributed by atoms with E-state index in [4.69, 9.17) is 23.7 Å². The normalized spacial score (nSPS) is 49.9. The van der Waals surface area contributed by atoms with E-state index in [0.717, 1.165) is 0 Å². The van der Waals surface area contributed by atoms with Gasteiger partial charge < -0.3 is 33.9 Å². The number of fused-ring (bicyclic) bond motifs is 1. The number of aliphatic hydroxyl groups excluding tert-OH is 1. The zero-order valence-corrected chi connectivity index (χ0v) is 21.3. The highest BCUT2D eigenvalue weighted by molar-refractivity contribution is 5.94. The van der Waals surface area contributed by atoms with Gasteiger partial charge in [0, 0.05) is 0 Å². The maximum absolute atomic E-state index is 13.8. The average Bonchev–Trinajstić information content (AvgIpc) is 3.56. The first-order chi connectivity index (χ1) is 17.8. The van der Waals surface area contributed by atoms with Crippen LogP contribution < -0.4 is 0 Å². The summed E-state index contributed by atoms with van der Waals surface area (Å²) in [6, 6.07) is 5.60. The van der Waals surface area contributed by atoms with Gasteiger partial charge in [0.15, 0.2) is 17.8 Å². The number of carbonyl (C=O) groups is 3. The third-order valence-corrected chi connectivity index (χ3v) is 10.3. The average molecular weight is 533 g/mol. The van der Waals surface area contributed by atoms with E-state index >= 15 is 0 Å². The molecule has 0 unspecified atom stereocenters. The van der Waals surface area contributed by atoms with E-state index < -0.39 is 93.7 Å². The number of aliphatic hydroxyl groups is 2. The minimum atomic E-state index is -2.27. The SMILES string of the molecule is C[C@@H]1C(=O)O[C@H]2[C@@H](O)[C@@]34[C@H]5C[C@@H](C(C)(C)C)[C@]36[C@@H](OC(=O)[C@@H]6OCc3ccc(F)cc3)O[C@@]4(C(=O)O5)[C@@]12O. The van der Waals surface area contributed by atoms with Crippen LogP contribution in [0.5, 0.6) is 0 Å². The smallest absolute Gasteiger partial charge is 0.343 e. The summed E-state index contributed by atoms with van der Waals surface area (Å²) in [7, 11) is 0. The largest absolute Gasteiger partial charge is 0.459 e. The van der Waals surface area contributed by atoms with Gasteiger partial charge in [-0.15, -0.1) is 0 Å². The third kappa shape index (κ3) is 2.19. The van der Waals surface area contributed by atoms with Crippen molar-refractivity contribution in [3.05, 3.63) is 35.6 Å². The molecule has 2 spiro atoms. The van der Waals surface area contributed by atoms with Crippen molar-refractivity contribution in [1.29, 1.82) is 0 Å². The lowest BCUT2D eigenvalue weighted by molar-refractivity contribution is -0.240. The van der Waals surface area contributed by atoms with Crippen LogP contribution in [0, 0.1) is 33.9 Å². The van der Waals surface area contributed by atoms with Crippen LogP contribution in [-0.2, 0) is 44.7 Å². The summed E-state index contributed by atoms with van der Waals surface area (Å²) < 4.78 is 43.2. The maximum Gasteiger partial charge on any atom is 0.343 e. The molecule has 7 rings (SSSR count). The van der Waals surface area contributed by atoms with Crippen LogP contribution in [0.3, 0.4) is 0 Å². The molecule has 0 bridgehead atoms. The van der Waals surface area contributed by atoms with Crippen LogP contribution in [0.15, 0.2) is 24.3 Å². The number of ether oxygens (including phenoxy) is 5. The van der Waals surface area contributed by atoms with Crippen LogP contribution >= 0.6 is 0 Å². The van der Waals surface area contributed by atoms with Crippen LogP contribution in [0.25, 0.3) is 0 Å². The Morgan fingerprint density at radius 2 is 1.76 bits per heavy atom. The lowest BCUT2D eigenvalue weighted by Gasteiger charge is -2.48. The van der Waals surface area contributed by atoms with Crippen molar-refractivity contribution in [2.24, 2.45) is 28.1 Å². The molecule has 1 aromatic rings. The van der Waals surface area contributed by atoms with Crippen LogP contribution in [0.4, 0.5) is 4.39 Å². The first-order valence-corrected chi connectivity index (χ1v) is 12.9. The van der Waals surface area contributed by atoms with E-state index in [9.17, 15) is 29.0 Å². The van der Waals surface area contributed by atoms with E-state index in [-0.39, 0.29) is 13.0 Å². The molecule has 2 N–H and O–H groups in total. The van der Waals surface area contributed by atoms with E-state index in [1.165, 1.54) is 31.2 Å². The van der Waals surface area contributed by atoms with Gasteiger partial charge in [-0.1, -0.05) is 32.9 Å². The number of esters is 3. The fraction of sp³-hybridized carbons (Fsp3) is 0.667. The second-order valence-corrected chi connectivity index (χ2v) is 12.6. The van der Waals surface area contributed by atoms with E-state index in [2.05, 4.69) is 0 Å². The molecular formula is C27H29FO10. The summed E-state index contributed by atoms with van der Waals surface area (Å²) in [5.74, 6) is -4.55. The summed E-state index contributed by atoms with van der Waals surface area (Å²) in [6.07, 6.45) is -6.52. The molecule has 10 nitrogen and oxygen atoms in total. The predicted molar refractivity (Wildman–Crippen MR) is 121 cm³/mol. The Morgan fingerprint density at radius 1 is 1.08 bits per heavy atom. The number of halogens is 1. The van der Waals surface area contributed by atoms with Crippen molar-refractivity contribution in [3.8, 4) is 0 Å². The molecule has 2 aliphatic carbocycles. The fourth-order valence-electron chi connectivity index (χ4n) is 9.06. The number of carbonyl (C=O) groups excluding carboxylic acids is 3. The first-order valence-electron chi connectivity index (χ1n) is 12.9. The van der Waals surface area contributed by atoms with Crippen molar-refractivity contribution >= 4 is 17.9 Å². The topological polar surface area (TPSA) is 138 Å². The highest BCUT2D eigenvalue weighted by atomic mass is 19.1. The van der Waals surface area contributed by atoms with Crippen molar-refractivity contribution in [1.82, 2.24) is 0 Å². The highest BCUT2D eigenvalue weighted by Gasteiger charge is 3.04. The second kappa shape index (κ2) is 6.93. The van der Waals surface area contributed by atoms with E-state index in [0.29, 0.717) is 5.56 Å². The summed E-state index contributed by atoms with van der Waals surface area (Å²) >= 11 is 0. The molecule has 4 aliphatic heterocycles. The monoisotopic (exact) mass is 532 g/mol. The van der Waals surface area contributed by atoms with Gasteiger partial charge in [-0.25, -0.2) is 14.0 Å². The minimum absolute atomic E-state index is 0.0941. The molecule has 6 aliphatic rings. The van der Waals surface area contributed by atoms with Gasteiger partial charge >= 0.3 is 17.9 Å². The fourth-order valence-corrected chi connectivity index (χ4v) is 9.06. The molecule has 4 saturated heterocycles. The zero-order chi connectivity index (χ0) is 27.2. The van der Waals surface area contributed by atoms with Gasteiger partial charge in [-0.05, 0) is 42.4 Å². The molecule has 204 valence electrons. The Bertz CT molecular complexity index is 1280. The van der Waals surface area contributed by atoms with Gasteiger partial charge in [-0.3, -0.25) is 4.79 Å². The van der Waals surface area contributed by atoms with Gasteiger partial charge in [0.1, 0.15) is 18.0 Å². The molecule has 4 heterocycles. The summed E-state index contributed by atoms with van der Waals surface area (Å²) in [6.45, 7) is 7.20. The van der Waals surface area contributed by atoms with Crippen molar-refractivity contribution in [2.45, 2.75) is 82.6 Å². The first kappa shape index (κ1) is 24.4. The Kier molecular flexibility index (Phi) is 4.46. The Labute approximate surface area is 217 Å². The lowest BCUT2D eigenvalue weighted by Crippen LogP contribution is -2.67. The molecule has 11 atom stereocenters. The van der Waals surface area contributed by atoms with E-state index in [1.807, 2.05) is 20.8 Å². The zero-order valence-electron chi connectivity index (χ0n) is 21.3. The van der Waals surface area contributed by atoms with Crippen LogP contribution in [-0.4, -0.2) is 70.0 Å². The van der Waals surface area contributed by atoms with Crippen LogP contribution in [0.2, 0.25) is 0 Å². The summed E-state index contributed by atoms with van der Waals surface area (Å²) in [4.78, 5) is 39.9. The molecule has 1 aromatic carbocycles. The Balaban J connectivity index is 1.45. The summed E-state index contributed by atoms with van der Waals surface area (Å²) in [5.41, 5.74) is -7.64. The van der Waals surface area contributed by atoms with Gasteiger partial charge in [-0.2, -0.15) is 0 Å². The van der Waals surface area contributed by atoms with Crippen molar-refractivity contribution < 1.29 is 52.7 Å². The Hall–Kier alpha value is -2.60. The van der Waals surface area contributed by atoms with Gasteiger partial charge in [0.2, 0.25) is 11.9 Å². The number of hydrogen-bond acceptors (Lipinski definition) is 10. The molecule has 2 saturated carbocycles. The third-order valence-electron chi connectivity index (χ3n) is 10.3. The van der Waals surface area contributed by atoms with Crippen molar-refractivity contribution in [2.75, 3.05) is 0 Å². The second-order valence-electron chi connectivity index (χ2n) is 12.6. The number of hydrogen-bond donors (Lipinski definition) is 2. The molecular weight excluding hydrogens is 503 g/mol. The maximum atomic E-state index is 13.8. The van der Waals surface area contributed by atoms with E-state index in [1.54, 1.807) is 0 Å². The van der Waals surface area contributed by atoms with Crippen LogP contribution in [0.1, 0.15) is 39.7 Å². The molecule has 6 fully saturated rings. The number of rotatable bonds is 3. The minimum Gasteiger partial charge on any atom is -0.459 e. The van der Waals surface area contributed by atoms with Gasteiger partial charge in [0.25, 0.3) is 0 Å². The number of benzene rings is 1. The lowest BCUT2D eigenvalue weighted by atomic mass is 9.51. The summed E-state index contributed by atoms with van der Waals surface area (Å²) in [5, 5.41) is 24.2. The molecule has 0 radical (unpaired) electrons. The molecule has 38 heavy (non-hydrogen) atoms. The molecule has 0 amide bonds.